The van der Waals surface area contributed by atoms with Gasteiger partial charge in [-0.05, 0) is 18.6 Å². The van der Waals surface area contributed by atoms with E-state index in [1.165, 1.54) is 27.2 Å². The fraction of sp³-hybridized carbons (Fsp3) is 0.263. The summed E-state index contributed by atoms with van der Waals surface area (Å²) < 4.78 is 24.6. The minimum absolute atomic E-state index is 0.0287. The number of hydrogen-bond donors (Lipinski definition) is 1. The van der Waals surface area contributed by atoms with Gasteiger partial charge in [-0.25, -0.2) is 9.18 Å². The number of methoxy groups -OCH3 is 2. The Balaban J connectivity index is 2.44. The summed E-state index contributed by atoms with van der Waals surface area (Å²) in [5.74, 6) is -2.43. The standard InChI is InChI=1S/C19H20FNO5/c1-12(19(23)24)21(11-13-7-5-4-6-8-13)18(22)14-9-16(25-2)17(26-3)10-15(14)20/h4-10,12H,11H2,1-3H3,(H,23,24). The maximum absolute atomic E-state index is 14.4. The van der Waals surface area contributed by atoms with Crippen LogP contribution in [0.25, 0.3) is 0 Å². The van der Waals surface area contributed by atoms with Gasteiger partial charge in [-0.3, -0.25) is 4.79 Å². The third-order valence-corrected chi connectivity index (χ3v) is 3.99. The molecule has 7 heteroatoms. The van der Waals surface area contributed by atoms with Gasteiger partial charge in [-0.15, -0.1) is 0 Å². The summed E-state index contributed by atoms with van der Waals surface area (Å²) in [5, 5.41) is 9.35. The Morgan fingerprint density at radius 2 is 1.69 bits per heavy atom. The average Bonchev–Trinajstić information content (AvgIpc) is 2.65. The number of amides is 1. The highest BCUT2D eigenvalue weighted by molar-refractivity contribution is 5.97. The Labute approximate surface area is 150 Å². The van der Waals surface area contributed by atoms with E-state index in [1.807, 2.05) is 6.07 Å². The van der Waals surface area contributed by atoms with Gasteiger partial charge in [0.05, 0.1) is 19.8 Å². The molecule has 1 amide bonds. The van der Waals surface area contributed by atoms with Crippen LogP contribution in [0.3, 0.4) is 0 Å². The Hall–Kier alpha value is -3.09. The van der Waals surface area contributed by atoms with E-state index >= 15 is 0 Å². The number of nitrogens with zero attached hydrogens (tertiary/aromatic N) is 1. The maximum Gasteiger partial charge on any atom is 0.326 e. The van der Waals surface area contributed by atoms with Gasteiger partial charge >= 0.3 is 5.97 Å². The quantitative estimate of drug-likeness (QED) is 0.821. The number of rotatable bonds is 7. The molecule has 0 aliphatic carbocycles. The summed E-state index contributed by atoms with van der Waals surface area (Å²) in [6.07, 6.45) is 0. The number of carboxylic acids is 1. The van der Waals surface area contributed by atoms with Crippen LogP contribution in [0.4, 0.5) is 4.39 Å². The molecule has 26 heavy (non-hydrogen) atoms. The van der Waals surface area contributed by atoms with Crippen LogP contribution in [0.2, 0.25) is 0 Å². The minimum Gasteiger partial charge on any atom is -0.493 e. The molecule has 1 N–H and O–H groups in total. The van der Waals surface area contributed by atoms with Gasteiger partial charge in [0, 0.05) is 12.6 Å². The van der Waals surface area contributed by atoms with Crippen molar-refractivity contribution in [3.05, 3.63) is 59.4 Å². The van der Waals surface area contributed by atoms with Gasteiger partial charge in [0.25, 0.3) is 5.91 Å². The highest BCUT2D eigenvalue weighted by atomic mass is 19.1. The molecule has 0 aliphatic heterocycles. The summed E-state index contributed by atoms with van der Waals surface area (Å²) >= 11 is 0. The lowest BCUT2D eigenvalue weighted by atomic mass is 10.1. The molecular weight excluding hydrogens is 341 g/mol. The first-order valence-electron chi connectivity index (χ1n) is 7.88. The van der Waals surface area contributed by atoms with E-state index in [0.29, 0.717) is 0 Å². The summed E-state index contributed by atoms with van der Waals surface area (Å²) in [5.41, 5.74) is 0.446. The molecule has 6 nitrogen and oxygen atoms in total. The molecule has 0 saturated carbocycles. The largest absolute Gasteiger partial charge is 0.493 e. The number of ether oxygens (including phenoxy) is 2. The monoisotopic (exact) mass is 361 g/mol. The molecule has 0 saturated heterocycles. The van der Waals surface area contributed by atoms with Crippen molar-refractivity contribution in [1.29, 1.82) is 0 Å². The number of aliphatic carboxylic acids is 1. The number of benzene rings is 2. The van der Waals surface area contributed by atoms with Crippen molar-refractivity contribution < 1.29 is 28.6 Å². The molecule has 1 unspecified atom stereocenters. The van der Waals surface area contributed by atoms with Crippen LogP contribution in [0.5, 0.6) is 11.5 Å². The first-order chi connectivity index (χ1) is 12.4. The van der Waals surface area contributed by atoms with Gasteiger partial charge in [-0.2, -0.15) is 0 Å². The highest BCUT2D eigenvalue weighted by Gasteiger charge is 2.29. The van der Waals surface area contributed by atoms with Crippen LogP contribution in [0.1, 0.15) is 22.8 Å². The molecule has 0 aliphatic rings. The molecular formula is C19H20FNO5. The lowest BCUT2D eigenvalue weighted by molar-refractivity contribution is -0.141. The predicted octanol–water partition coefficient (Wildman–Crippen LogP) is 2.96. The Kier molecular flexibility index (Phi) is 6.16. The summed E-state index contributed by atoms with van der Waals surface area (Å²) in [6.45, 7) is 1.41. The number of hydrogen-bond acceptors (Lipinski definition) is 4. The molecule has 2 aromatic carbocycles. The molecule has 2 aromatic rings. The number of carboxylic acid groups (broad SMARTS) is 1. The van der Waals surface area contributed by atoms with Gasteiger partial charge in [0.2, 0.25) is 0 Å². The average molecular weight is 361 g/mol. The molecule has 1 atom stereocenters. The SMILES string of the molecule is COc1cc(F)c(C(=O)N(Cc2ccccc2)C(C)C(=O)O)cc1OC. The van der Waals surface area contributed by atoms with Crippen molar-refractivity contribution in [2.75, 3.05) is 14.2 Å². The van der Waals surface area contributed by atoms with Gasteiger partial charge in [0.1, 0.15) is 11.9 Å². The van der Waals surface area contributed by atoms with Gasteiger partial charge in [0.15, 0.2) is 11.5 Å². The second kappa shape index (κ2) is 8.33. The van der Waals surface area contributed by atoms with Crippen LogP contribution in [-0.4, -0.2) is 42.1 Å². The molecule has 0 heterocycles. The van der Waals surface area contributed by atoms with Crippen molar-refractivity contribution in [1.82, 2.24) is 4.90 Å². The highest BCUT2D eigenvalue weighted by Crippen LogP contribution is 2.31. The zero-order valence-corrected chi connectivity index (χ0v) is 14.7. The normalized spacial score (nSPS) is 11.5. The minimum atomic E-state index is -1.19. The third kappa shape index (κ3) is 4.11. The zero-order chi connectivity index (χ0) is 19.3. The number of carbonyl (C=O) groups excluding carboxylic acids is 1. The second-order valence-corrected chi connectivity index (χ2v) is 5.62. The van der Waals surface area contributed by atoms with Crippen molar-refractivity contribution in [2.24, 2.45) is 0 Å². The van der Waals surface area contributed by atoms with Crippen molar-refractivity contribution in [3.8, 4) is 11.5 Å². The van der Waals surface area contributed by atoms with E-state index in [0.717, 1.165) is 16.5 Å². The molecule has 2 rings (SSSR count). The topological polar surface area (TPSA) is 76.1 Å². The van der Waals surface area contributed by atoms with E-state index in [2.05, 4.69) is 0 Å². The van der Waals surface area contributed by atoms with E-state index in [1.54, 1.807) is 24.3 Å². The third-order valence-electron chi connectivity index (χ3n) is 3.99. The predicted molar refractivity (Wildman–Crippen MR) is 92.9 cm³/mol. The summed E-state index contributed by atoms with van der Waals surface area (Å²) in [6, 6.07) is 10.0. The van der Waals surface area contributed by atoms with Gasteiger partial charge < -0.3 is 19.5 Å². The smallest absolute Gasteiger partial charge is 0.326 e. The van der Waals surface area contributed by atoms with Crippen LogP contribution in [0, 0.1) is 5.82 Å². The van der Waals surface area contributed by atoms with Gasteiger partial charge in [-0.1, -0.05) is 30.3 Å². The van der Waals surface area contributed by atoms with Crippen LogP contribution >= 0.6 is 0 Å². The number of carbonyl (C=O) groups is 2. The molecule has 0 bridgehead atoms. The van der Waals surface area contributed by atoms with E-state index < -0.39 is 23.7 Å². The van der Waals surface area contributed by atoms with Crippen molar-refractivity contribution in [3.63, 3.8) is 0 Å². The molecule has 0 aromatic heterocycles. The maximum atomic E-state index is 14.4. The molecule has 0 fully saturated rings. The first kappa shape index (κ1) is 19.2. The van der Waals surface area contributed by atoms with Crippen molar-refractivity contribution in [2.45, 2.75) is 19.5 Å². The van der Waals surface area contributed by atoms with E-state index in [4.69, 9.17) is 9.47 Å². The lowest BCUT2D eigenvalue weighted by Gasteiger charge is -2.27. The molecule has 0 radical (unpaired) electrons. The molecule has 138 valence electrons. The number of halogens is 1. The van der Waals surface area contributed by atoms with Crippen LogP contribution in [0.15, 0.2) is 42.5 Å². The zero-order valence-electron chi connectivity index (χ0n) is 14.7. The second-order valence-electron chi connectivity index (χ2n) is 5.62. The van der Waals surface area contributed by atoms with Crippen LogP contribution in [-0.2, 0) is 11.3 Å². The summed E-state index contributed by atoms with van der Waals surface area (Å²) in [4.78, 5) is 25.5. The van der Waals surface area contributed by atoms with E-state index in [-0.39, 0.29) is 23.6 Å². The molecule has 0 spiro atoms. The first-order valence-corrected chi connectivity index (χ1v) is 7.88. The Bertz CT molecular complexity index is 794. The van der Waals surface area contributed by atoms with Crippen LogP contribution < -0.4 is 9.47 Å². The Morgan fingerprint density at radius 1 is 1.12 bits per heavy atom. The fourth-order valence-corrected chi connectivity index (χ4v) is 2.47. The van der Waals surface area contributed by atoms with E-state index in [9.17, 15) is 19.1 Å². The summed E-state index contributed by atoms with van der Waals surface area (Å²) in [7, 11) is 2.72. The van der Waals surface area contributed by atoms with Crippen molar-refractivity contribution >= 4 is 11.9 Å². The lowest BCUT2D eigenvalue weighted by Crippen LogP contribution is -2.43. The Morgan fingerprint density at radius 3 is 2.23 bits per heavy atom. The fourth-order valence-electron chi connectivity index (χ4n) is 2.47.